The van der Waals surface area contributed by atoms with Gasteiger partial charge >= 0.3 is 0 Å². The topological polar surface area (TPSA) is 32.3 Å². The number of carbonyl (C=O) groups excluding carboxylic acids is 1. The molecule has 0 aliphatic carbocycles. The number of benzene rings is 1. The van der Waals surface area contributed by atoms with Crippen LogP contribution >= 0.6 is 0 Å². The third-order valence-electron chi connectivity index (χ3n) is 3.42. The van der Waals surface area contributed by atoms with Crippen LogP contribution in [0.3, 0.4) is 0 Å². The molecular formula is C16H26N2O. The minimum Gasteiger partial charge on any atom is -0.350 e. The SMILES string of the molecule is CCN(CC)CCCC(C)NC(=O)c1ccccc1. The summed E-state index contributed by atoms with van der Waals surface area (Å²) in [5, 5.41) is 3.05. The van der Waals surface area contributed by atoms with Gasteiger partial charge in [-0.15, -0.1) is 0 Å². The summed E-state index contributed by atoms with van der Waals surface area (Å²) in [6.07, 6.45) is 2.15. The van der Waals surface area contributed by atoms with Gasteiger partial charge in [-0.2, -0.15) is 0 Å². The Bertz CT molecular complexity index is 360. The van der Waals surface area contributed by atoms with E-state index in [4.69, 9.17) is 0 Å². The molecule has 0 saturated carbocycles. The summed E-state index contributed by atoms with van der Waals surface area (Å²) in [5.74, 6) is 0.0240. The molecule has 1 amide bonds. The van der Waals surface area contributed by atoms with Crippen molar-refractivity contribution in [2.24, 2.45) is 0 Å². The van der Waals surface area contributed by atoms with Gasteiger partial charge in [-0.05, 0) is 51.5 Å². The van der Waals surface area contributed by atoms with Gasteiger partial charge in [-0.3, -0.25) is 4.79 Å². The Kier molecular flexibility index (Phi) is 7.19. The van der Waals surface area contributed by atoms with E-state index in [1.165, 1.54) is 0 Å². The van der Waals surface area contributed by atoms with Crippen molar-refractivity contribution in [3.8, 4) is 0 Å². The lowest BCUT2D eigenvalue weighted by molar-refractivity contribution is 0.0937. The minimum absolute atomic E-state index is 0.0240. The van der Waals surface area contributed by atoms with Gasteiger partial charge in [0, 0.05) is 11.6 Å². The summed E-state index contributed by atoms with van der Waals surface area (Å²) in [6, 6.07) is 9.61. The first-order valence-electron chi connectivity index (χ1n) is 7.25. The first kappa shape index (κ1) is 15.7. The molecule has 1 aromatic carbocycles. The van der Waals surface area contributed by atoms with Gasteiger partial charge < -0.3 is 10.2 Å². The van der Waals surface area contributed by atoms with Crippen LogP contribution in [0.25, 0.3) is 0 Å². The van der Waals surface area contributed by atoms with E-state index >= 15 is 0 Å². The quantitative estimate of drug-likeness (QED) is 0.781. The molecule has 0 aromatic heterocycles. The summed E-state index contributed by atoms with van der Waals surface area (Å²) in [7, 11) is 0. The molecule has 1 rings (SSSR count). The van der Waals surface area contributed by atoms with E-state index in [0.29, 0.717) is 0 Å². The van der Waals surface area contributed by atoms with E-state index in [9.17, 15) is 4.79 Å². The molecule has 0 bridgehead atoms. The lowest BCUT2D eigenvalue weighted by Crippen LogP contribution is -2.33. The van der Waals surface area contributed by atoms with Crippen molar-refractivity contribution in [2.75, 3.05) is 19.6 Å². The predicted octanol–water partition coefficient (Wildman–Crippen LogP) is 2.93. The summed E-state index contributed by atoms with van der Waals surface area (Å²) in [5.41, 5.74) is 0.734. The van der Waals surface area contributed by atoms with E-state index < -0.39 is 0 Å². The average Bonchev–Trinajstić information content (AvgIpc) is 2.44. The van der Waals surface area contributed by atoms with Crippen molar-refractivity contribution >= 4 is 5.91 Å². The lowest BCUT2D eigenvalue weighted by Gasteiger charge is -2.19. The van der Waals surface area contributed by atoms with Gasteiger partial charge in [0.1, 0.15) is 0 Å². The first-order chi connectivity index (χ1) is 9.17. The number of hydrogen-bond donors (Lipinski definition) is 1. The number of nitrogens with one attached hydrogen (secondary N) is 1. The van der Waals surface area contributed by atoms with Crippen LogP contribution in [0, 0.1) is 0 Å². The van der Waals surface area contributed by atoms with Gasteiger partial charge in [0.25, 0.3) is 5.91 Å². The molecule has 1 N–H and O–H groups in total. The van der Waals surface area contributed by atoms with Crippen LogP contribution in [0.4, 0.5) is 0 Å². The number of nitrogens with zero attached hydrogens (tertiary/aromatic N) is 1. The molecule has 0 saturated heterocycles. The molecule has 0 fully saturated rings. The predicted molar refractivity (Wildman–Crippen MR) is 80.4 cm³/mol. The number of rotatable bonds is 8. The van der Waals surface area contributed by atoms with Gasteiger partial charge in [0.05, 0.1) is 0 Å². The fourth-order valence-corrected chi connectivity index (χ4v) is 2.13. The fourth-order valence-electron chi connectivity index (χ4n) is 2.13. The van der Waals surface area contributed by atoms with Crippen molar-refractivity contribution in [1.29, 1.82) is 0 Å². The fraction of sp³-hybridized carbons (Fsp3) is 0.562. The maximum absolute atomic E-state index is 11.9. The largest absolute Gasteiger partial charge is 0.350 e. The van der Waals surface area contributed by atoms with E-state index in [1.54, 1.807) is 0 Å². The molecule has 1 aromatic rings. The number of carbonyl (C=O) groups is 1. The van der Waals surface area contributed by atoms with Crippen molar-refractivity contribution in [2.45, 2.75) is 39.7 Å². The molecule has 0 aliphatic rings. The highest BCUT2D eigenvalue weighted by Gasteiger charge is 2.09. The third kappa shape index (κ3) is 5.88. The Labute approximate surface area is 117 Å². The summed E-state index contributed by atoms with van der Waals surface area (Å²) in [6.45, 7) is 9.75. The van der Waals surface area contributed by atoms with Crippen LogP contribution in [0.1, 0.15) is 44.0 Å². The van der Waals surface area contributed by atoms with Crippen LogP contribution in [0.15, 0.2) is 30.3 Å². The Morgan fingerprint density at radius 3 is 2.42 bits per heavy atom. The van der Waals surface area contributed by atoms with E-state index in [1.807, 2.05) is 30.3 Å². The molecule has 3 nitrogen and oxygen atoms in total. The highest BCUT2D eigenvalue weighted by molar-refractivity contribution is 5.94. The van der Waals surface area contributed by atoms with Crippen molar-refractivity contribution < 1.29 is 4.79 Å². The van der Waals surface area contributed by atoms with Gasteiger partial charge in [-0.1, -0.05) is 32.0 Å². The van der Waals surface area contributed by atoms with E-state index in [-0.39, 0.29) is 11.9 Å². The molecule has 0 radical (unpaired) electrons. The van der Waals surface area contributed by atoms with E-state index in [0.717, 1.165) is 38.0 Å². The Morgan fingerprint density at radius 2 is 1.84 bits per heavy atom. The normalized spacial score (nSPS) is 12.4. The van der Waals surface area contributed by atoms with Crippen LogP contribution in [0.5, 0.6) is 0 Å². The van der Waals surface area contributed by atoms with Crippen molar-refractivity contribution in [3.63, 3.8) is 0 Å². The van der Waals surface area contributed by atoms with E-state index in [2.05, 4.69) is 31.0 Å². The zero-order valence-corrected chi connectivity index (χ0v) is 12.4. The van der Waals surface area contributed by atoms with Crippen LogP contribution < -0.4 is 5.32 Å². The van der Waals surface area contributed by atoms with Gasteiger partial charge in [0.15, 0.2) is 0 Å². The molecule has 1 atom stereocenters. The summed E-state index contributed by atoms with van der Waals surface area (Å²) in [4.78, 5) is 14.4. The second-order valence-corrected chi connectivity index (χ2v) is 4.91. The molecule has 0 heterocycles. The highest BCUT2D eigenvalue weighted by atomic mass is 16.1. The van der Waals surface area contributed by atoms with Crippen molar-refractivity contribution in [3.05, 3.63) is 35.9 Å². The lowest BCUT2D eigenvalue weighted by atomic mass is 10.1. The number of amides is 1. The zero-order valence-electron chi connectivity index (χ0n) is 12.4. The van der Waals surface area contributed by atoms with Crippen LogP contribution in [0.2, 0.25) is 0 Å². The standard InChI is InChI=1S/C16H26N2O/c1-4-18(5-2)13-9-10-14(3)17-16(19)15-11-7-6-8-12-15/h6-8,11-12,14H,4-5,9-10,13H2,1-3H3,(H,17,19). The van der Waals surface area contributed by atoms with Gasteiger partial charge in [-0.25, -0.2) is 0 Å². The van der Waals surface area contributed by atoms with Crippen molar-refractivity contribution in [1.82, 2.24) is 10.2 Å². The number of hydrogen-bond acceptors (Lipinski definition) is 2. The van der Waals surface area contributed by atoms with Crippen LogP contribution in [-0.2, 0) is 0 Å². The Balaban J connectivity index is 2.28. The van der Waals surface area contributed by atoms with Gasteiger partial charge in [0.2, 0.25) is 0 Å². The smallest absolute Gasteiger partial charge is 0.251 e. The maximum Gasteiger partial charge on any atom is 0.251 e. The zero-order chi connectivity index (χ0) is 14.1. The first-order valence-corrected chi connectivity index (χ1v) is 7.25. The Hall–Kier alpha value is -1.35. The second-order valence-electron chi connectivity index (χ2n) is 4.91. The molecule has 1 unspecified atom stereocenters. The highest BCUT2D eigenvalue weighted by Crippen LogP contribution is 2.03. The molecular weight excluding hydrogens is 236 g/mol. The molecule has 0 spiro atoms. The maximum atomic E-state index is 11.9. The monoisotopic (exact) mass is 262 g/mol. The average molecular weight is 262 g/mol. The molecule has 3 heteroatoms. The summed E-state index contributed by atoms with van der Waals surface area (Å²) < 4.78 is 0. The minimum atomic E-state index is 0.0240. The Morgan fingerprint density at radius 1 is 1.21 bits per heavy atom. The summed E-state index contributed by atoms with van der Waals surface area (Å²) >= 11 is 0. The molecule has 106 valence electrons. The molecule has 19 heavy (non-hydrogen) atoms. The second kappa shape index (κ2) is 8.70. The molecule has 0 aliphatic heterocycles. The third-order valence-corrected chi connectivity index (χ3v) is 3.42. The van der Waals surface area contributed by atoms with Crippen LogP contribution in [-0.4, -0.2) is 36.5 Å².